The Kier molecular flexibility index (Phi) is 2.52. The first-order valence-corrected chi connectivity index (χ1v) is 5.82. The lowest BCUT2D eigenvalue weighted by Gasteiger charge is -2.24. The van der Waals surface area contributed by atoms with Gasteiger partial charge in [0.05, 0.1) is 6.42 Å². The van der Waals surface area contributed by atoms with Gasteiger partial charge in [-0.05, 0) is 23.8 Å². The third kappa shape index (κ3) is 1.84. The summed E-state index contributed by atoms with van der Waals surface area (Å²) in [7, 11) is 0. The summed E-state index contributed by atoms with van der Waals surface area (Å²) in [6, 6.07) is 14.5. The van der Waals surface area contributed by atoms with Crippen molar-refractivity contribution in [3.63, 3.8) is 0 Å². The molecule has 3 nitrogen and oxygen atoms in total. The number of phenols is 1. The molecule has 0 aromatic heterocycles. The maximum absolute atomic E-state index is 11.6. The zero-order valence-corrected chi connectivity index (χ0v) is 9.67. The number of esters is 1. The molecule has 0 spiro atoms. The molecule has 1 aliphatic heterocycles. The van der Waals surface area contributed by atoms with E-state index in [4.69, 9.17) is 4.74 Å². The molecule has 1 atom stereocenters. The number of benzene rings is 2. The Balaban J connectivity index is 2.07. The van der Waals surface area contributed by atoms with E-state index in [0.717, 1.165) is 11.1 Å². The molecule has 2 aromatic carbocycles. The van der Waals surface area contributed by atoms with Crippen molar-refractivity contribution in [1.82, 2.24) is 0 Å². The minimum atomic E-state index is -0.216. The Bertz CT molecular complexity index is 587. The van der Waals surface area contributed by atoms with E-state index in [2.05, 4.69) is 0 Å². The molecule has 3 rings (SSSR count). The lowest BCUT2D eigenvalue weighted by atomic mass is 9.86. The van der Waals surface area contributed by atoms with E-state index in [-0.39, 0.29) is 17.6 Å². The van der Waals surface area contributed by atoms with Crippen LogP contribution in [0.1, 0.15) is 23.5 Å². The number of carbonyl (C=O) groups excluding carboxylic acids is 1. The normalized spacial score (nSPS) is 18.0. The highest BCUT2D eigenvalue weighted by molar-refractivity contribution is 5.77. The zero-order valence-electron chi connectivity index (χ0n) is 9.67. The second-order valence-corrected chi connectivity index (χ2v) is 4.36. The number of rotatable bonds is 1. The van der Waals surface area contributed by atoms with E-state index >= 15 is 0 Å². The quantitative estimate of drug-likeness (QED) is 0.616. The van der Waals surface area contributed by atoms with Crippen LogP contribution < -0.4 is 4.74 Å². The van der Waals surface area contributed by atoms with Crippen LogP contribution in [0, 0.1) is 0 Å². The molecule has 0 fully saturated rings. The largest absolute Gasteiger partial charge is 0.508 e. The van der Waals surface area contributed by atoms with Gasteiger partial charge in [0.15, 0.2) is 0 Å². The van der Waals surface area contributed by atoms with E-state index in [1.165, 1.54) is 0 Å². The summed E-state index contributed by atoms with van der Waals surface area (Å²) in [5.74, 6) is 0.645. The van der Waals surface area contributed by atoms with Gasteiger partial charge in [0.25, 0.3) is 0 Å². The standard InChI is InChI=1S/C15H12O3/c16-11-7-5-10(6-8-11)13-9-15(17)18-14-4-2-1-3-12(13)14/h1-8,13,16H,9H2/t13-/m1/s1. The fourth-order valence-electron chi connectivity index (χ4n) is 2.31. The van der Waals surface area contributed by atoms with Crippen molar-refractivity contribution in [1.29, 1.82) is 0 Å². The molecule has 0 unspecified atom stereocenters. The van der Waals surface area contributed by atoms with Gasteiger partial charge in [-0.25, -0.2) is 0 Å². The highest BCUT2D eigenvalue weighted by atomic mass is 16.5. The van der Waals surface area contributed by atoms with Crippen LogP contribution in [-0.4, -0.2) is 11.1 Å². The van der Waals surface area contributed by atoms with Crippen molar-refractivity contribution in [2.24, 2.45) is 0 Å². The maximum Gasteiger partial charge on any atom is 0.312 e. The Hall–Kier alpha value is -2.29. The van der Waals surface area contributed by atoms with Crippen molar-refractivity contribution in [3.8, 4) is 11.5 Å². The predicted octanol–water partition coefficient (Wildman–Crippen LogP) is 2.83. The summed E-state index contributed by atoms with van der Waals surface area (Å²) < 4.78 is 5.22. The lowest BCUT2D eigenvalue weighted by Crippen LogP contribution is -2.20. The van der Waals surface area contributed by atoms with Crippen LogP contribution in [0.5, 0.6) is 11.5 Å². The van der Waals surface area contributed by atoms with Gasteiger partial charge in [-0.3, -0.25) is 4.79 Å². The van der Waals surface area contributed by atoms with Crippen LogP contribution in [0.4, 0.5) is 0 Å². The van der Waals surface area contributed by atoms with Crippen LogP contribution in [-0.2, 0) is 4.79 Å². The third-order valence-corrected chi connectivity index (χ3v) is 3.18. The molecule has 1 aliphatic rings. The van der Waals surface area contributed by atoms with Gasteiger partial charge in [-0.1, -0.05) is 30.3 Å². The number of hydrogen-bond acceptors (Lipinski definition) is 3. The van der Waals surface area contributed by atoms with Gasteiger partial charge in [0, 0.05) is 11.5 Å². The highest BCUT2D eigenvalue weighted by Crippen LogP contribution is 2.38. The first-order valence-electron chi connectivity index (χ1n) is 5.82. The fraction of sp³-hybridized carbons (Fsp3) is 0.133. The molecule has 0 saturated carbocycles. The van der Waals surface area contributed by atoms with Crippen molar-refractivity contribution in [3.05, 3.63) is 59.7 Å². The van der Waals surface area contributed by atoms with E-state index in [1.54, 1.807) is 18.2 Å². The number of hydrogen-bond donors (Lipinski definition) is 1. The van der Waals surface area contributed by atoms with E-state index < -0.39 is 0 Å². The highest BCUT2D eigenvalue weighted by Gasteiger charge is 2.27. The summed E-state index contributed by atoms with van der Waals surface area (Å²) in [4.78, 5) is 11.6. The Morgan fingerprint density at radius 1 is 1.06 bits per heavy atom. The minimum Gasteiger partial charge on any atom is -0.508 e. The zero-order chi connectivity index (χ0) is 12.5. The Labute approximate surface area is 105 Å². The van der Waals surface area contributed by atoms with Gasteiger partial charge in [0.2, 0.25) is 0 Å². The average Bonchev–Trinajstić information content (AvgIpc) is 2.38. The molecule has 3 heteroatoms. The number of fused-ring (bicyclic) bond motifs is 1. The van der Waals surface area contributed by atoms with Gasteiger partial charge in [-0.2, -0.15) is 0 Å². The second-order valence-electron chi connectivity index (χ2n) is 4.36. The van der Waals surface area contributed by atoms with Crippen molar-refractivity contribution >= 4 is 5.97 Å². The van der Waals surface area contributed by atoms with Crippen molar-refractivity contribution < 1.29 is 14.6 Å². The number of ether oxygens (including phenoxy) is 1. The number of carbonyl (C=O) groups is 1. The molecule has 0 saturated heterocycles. The topological polar surface area (TPSA) is 46.5 Å². The van der Waals surface area contributed by atoms with E-state index in [1.807, 2.05) is 30.3 Å². The molecule has 0 bridgehead atoms. The van der Waals surface area contributed by atoms with Crippen molar-refractivity contribution in [2.45, 2.75) is 12.3 Å². The molecule has 18 heavy (non-hydrogen) atoms. The molecule has 2 aromatic rings. The molecule has 0 radical (unpaired) electrons. The van der Waals surface area contributed by atoms with Crippen LogP contribution in [0.3, 0.4) is 0 Å². The van der Waals surface area contributed by atoms with Crippen molar-refractivity contribution in [2.75, 3.05) is 0 Å². The maximum atomic E-state index is 11.6. The Morgan fingerprint density at radius 3 is 2.56 bits per heavy atom. The van der Waals surface area contributed by atoms with E-state index in [9.17, 15) is 9.90 Å². The van der Waals surface area contributed by atoms with Gasteiger partial charge in [0.1, 0.15) is 11.5 Å². The molecule has 90 valence electrons. The predicted molar refractivity (Wildman–Crippen MR) is 66.6 cm³/mol. The smallest absolute Gasteiger partial charge is 0.312 e. The molecule has 0 amide bonds. The first-order chi connectivity index (χ1) is 8.74. The summed E-state index contributed by atoms with van der Waals surface area (Å²) >= 11 is 0. The Morgan fingerprint density at radius 2 is 1.78 bits per heavy atom. The van der Waals surface area contributed by atoms with Crippen LogP contribution in [0.15, 0.2) is 48.5 Å². The van der Waals surface area contributed by atoms with Crippen LogP contribution in [0.2, 0.25) is 0 Å². The van der Waals surface area contributed by atoms with Gasteiger partial charge in [-0.15, -0.1) is 0 Å². The number of para-hydroxylation sites is 1. The number of phenolic OH excluding ortho intramolecular Hbond substituents is 1. The molecule has 1 heterocycles. The first kappa shape index (κ1) is 10.8. The lowest BCUT2D eigenvalue weighted by molar-refractivity contribution is -0.135. The third-order valence-electron chi connectivity index (χ3n) is 3.18. The second kappa shape index (κ2) is 4.18. The van der Waals surface area contributed by atoms with Crippen LogP contribution in [0.25, 0.3) is 0 Å². The minimum absolute atomic E-state index is 0.00282. The van der Waals surface area contributed by atoms with Gasteiger partial charge < -0.3 is 9.84 Å². The summed E-state index contributed by atoms with van der Waals surface area (Å²) in [5, 5.41) is 9.31. The summed E-state index contributed by atoms with van der Waals surface area (Å²) in [6.07, 6.45) is 0.335. The number of aromatic hydroxyl groups is 1. The van der Waals surface area contributed by atoms with E-state index in [0.29, 0.717) is 12.2 Å². The fourth-order valence-corrected chi connectivity index (χ4v) is 2.31. The monoisotopic (exact) mass is 240 g/mol. The average molecular weight is 240 g/mol. The molecule has 1 N–H and O–H groups in total. The molecular formula is C15H12O3. The van der Waals surface area contributed by atoms with Crippen LogP contribution >= 0.6 is 0 Å². The SMILES string of the molecule is O=C1C[C@H](c2ccc(O)cc2)c2ccccc2O1. The van der Waals surface area contributed by atoms with Gasteiger partial charge >= 0.3 is 5.97 Å². The molecule has 0 aliphatic carbocycles. The molecular weight excluding hydrogens is 228 g/mol. The summed E-state index contributed by atoms with van der Waals surface area (Å²) in [6.45, 7) is 0. The summed E-state index contributed by atoms with van der Waals surface area (Å²) in [5.41, 5.74) is 2.03.